The van der Waals surface area contributed by atoms with Gasteiger partial charge in [0, 0.05) is 38.8 Å². The number of ether oxygens (including phenoxy) is 1. The summed E-state index contributed by atoms with van der Waals surface area (Å²) in [5, 5.41) is 0. The van der Waals surface area contributed by atoms with Gasteiger partial charge in [0.05, 0.1) is 5.75 Å². The molecule has 81 valence electrons. The van der Waals surface area contributed by atoms with E-state index in [0.29, 0.717) is 6.04 Å². The third-order valence-electron chi connectivity index (χ3n) is 2.96. The molecule has 0 amide bonds. The van der Waals surface area contributed by atoms with Crippen molar-refractivity contribution in [2.45, 2.75) is 25.3 Å². The first kappa shape index (κ1) is 14.2. The second-order valence-corrected chi connectivity index (χ2v) is 4.03. The van der Waals surface area contributed by atoms with E-state index in [1.165, 1.54) is 18.4 Å². The molecular weight excluding hydrogens is 274 g/mol. The molecule has 1 fully saturated rings. The van der Waals surface area contributed by atoms with E-state index in [1.807, 2.05) is 23.0 Å². The van der Waals surface area contributed by atoms with E-state index in [0.717, 1.165) is 18.7 Å². The molecule has 1 atom stereocenters. The summed E-state index contributed by atoms with van der Waals surface area (Å²) in [4.78, 5) is 1.94. The quantitative estimate of drug-likeness (QED) is 0.623. The van der Waals surface area contributed by atoms with E-state index in [9.17, 15) is 0 Å². The Morgan fingerprint density at radius 3 is 2.94 bits per heavy atom. The van der Waals surface area contributed by atoms with Gasteiger partial charge in [-0.25, -0.2) is 0 Å². The van der Waals surface area contributed by atoms with Crippen LogP contribution >= 0.6 is 0 Å². The van der Waals surface area contributed by atoms with Crippen LogP contribution in [0.2, 0.25) is 0 Å². The van der Waals surface area contributed by atoms with Gasteiger partial charge in [-0.3, -0.25) is 0 Å². The molecule has 0 aromatic heterocycles. The smallest absolute Gasteiger partial charge is 0.182 e. The first-order valence-electron chi connectivity index (χ1n) is 5.32. The Labute approximate surface area is 124 Å². The maximum absolute atomic E-state index is 5.89. The van der Waals surface area contributed by atoms with Crippen molar-refractivity contribution in [3.8, 4) is 5.75 Å². The predicted molar refractivity (Wildman–Crippen MR) is 61.6 cm³/mol. The minimum atomic E-state index is 0. The molecule has 0 bridgehead atoms. The Morgan fingerprint density at radius 2 is 2.31 bits per heavy atom. The normalized spacial score (nSPS) is 20.4. The zero-order valence-electron chi connectivity index (χ0n) is 9.43. The van der Waals surface area contributed by atoms with Crippen molar-refractivity contribution in [1.29, 1.82) is 0 Å². The topological polar surface area (TPSA) is 12.5 Å². The van der Waals surface area contributed by atoms with Gasteiger partial charge in [0.2, 0.25) is 0 Å². The molecule has 0 aliphatic carbocycles. The fourth-order valence-electron chi connectivity index (χ4n) is 2.11. The van der Waals surface area contributed by atoms with Gasteiger partial charge < -0.3 is 9.55 Å². The standard InChI is InChI=1S/C12H15BNO.Y/c1-15-12-6-2-4-10(9-12)8-11-5-3-7-14(11)13;/h2,4,6,9,11H,1,3,5,7-8H2;/q-1;. The van der Waals surface area contributed by atoms with Crippen LogP contribution in [0.15, 0.2) is 24.3 Å². The van der Waals surface area contributed by atoms with Crippen LogP contribution in [0.4, 0.5) is 0 Å². The van der Waals surface area contributed by atoms with Gasteiger partial charge in [0.15, 0.2) is 7.98 Å². The number of rotatable bonds is 3. The Balaban J connectivity index is 0.00000128. The van der Waals surface area contributed by atoms with Crippen molar-refractivity contribution >= 4 is 7.98 Å². The van der Waals surface area contributed by atoms with E-state index in [1.54, 1.807) is 0 Å². The zero-order valence-corrected chi connectivity index (χ0v) is 12.3. The minimum absolute atomic E-state index is 0. The molecule has 1 saturated heterocycles. The van der Waals surface area contributed by atoms with Crippen molar-refractivity contribution < 1.29 is 37.4 Å². The van der Waals surface area contributed by atoms with Gasteiger partial charge in [-0.15, -0.1) is 0 Å². The molecule has 1 aromatic rings. The Morgan fingerprint density at radius 1 is 1.50 bits per heavy atom. The van der Waals surface area contributed by atoms with Gasteiger partial charge >= 0.3 is 0 Å². The maximum atomic E-state index is 5.89. The average molecular weight is 289 g/mol. The summed E-state index contributed by atoms with van der Waals surface area (Å²) >= 11 is 0. The van der Waals surface area contributed by atoms with Crippen molar-refractivity contribution in [1.82, 2.24) is 4.81 Å². The molecule has 1 aliphatic rings. The number of hydrogen-bond donors (Lipinski definition) is 0. The molecule has 16 heavy (non-hydrogen) atoms. The molecule has 1 heterocycles. The number of benzene rings is 1. The van der Waals surface area contributed by atoms with Crippen LogP contribution < -0.4 is 4.74 Å². The van der Waals surface area contributed by atoms with Crippen molar-refractivity contribution in [3.05, 3.63) is 36.9 Å². The molecular formula is C12H15BNOY-. The van der Waals surface area contributed by atoms with Crippen LogP contribution in [0.5, 0.6) is 5.75 Å². The van der Waals surface area contributed by atoms with Crippen LogP contribution in [0.25, 0.3) is 0 Å². The van der Waals surface area contributed by atoms with Crippen LogP contribution in [-0.4, -0.2) is 25.4 Å². The Hall–Kier alpha value is 0.149. The van der Waals surface area contributed by atoms with Crippen molar-refractivity contribution in [2.75, 3.05) is 6.54 Å². The summed E-state index contributed by atoms with van der Waals surface area (Å²) in [6, 6.07) is 8.51. The fourth-order valence-corrected chi connectivity index (χ4v) is 2.11. The van der Waals surface area contributed by atoms with Gasteiger partial charge in [0.1, 0.15) is 0 Å². The zero-order chi connectivity index (χ0) is 10.7. The summed E-state index contributed by atoms with van der Waals surface area (Å²) in [6.45, 7) is 1.01. The molecule has 1 aromatic carbocycles. The third-order valence-corrected chi connectivity index (χ3v) is 2.96. The largest absolute Gasteiger partial charge is 0.665 e. The number of nitrogens with zero attached hydrogens (tertiary/aromatic N) is 1. The van der Waals surface area contributed by atoms with Gasteiger partial charge in [-0.2, -0.15) is 7.11 Å². The summed E-state index contributed by atoms with van der Waals surface area (Å²) in [6.07, 6.45) is 3.38. The molecule has 0 spiro atoms. The van der Waals surface area contributed by atoms with Crippen LogP contribution in [-0.2, 0) is 39.1 Å². The minimum Gasteiger partial charge on any atom is -0.665 e. The SMILES string of the molecule is [B]N1CCCC1Cc1cccc(O[CH2-])c1.[Y]. The van der Waals surface area contributed by atoms with E-state index >= 15 is 0 Å². The molecule has 3 radical (unpaired) electrons. The summed E-state index contributed by atoms with van der Waals surface area (Å²) in [5.74, 6) is 0.814. The van der Waals surface area contributed by atoms with Crippen LogP contribution in [0.1, 0.15) is 18.4 Å². The monoisotopic (exact) mass is 289 g/mol. The molecule has 1 aliphatic heterocycles. The van der Waals surface area contributed by atoms with E-state index in [-0.39, 0.29) is 32.7 Å². The van der Waals surface area contributed by atoms with Crippen molar-refractivity contribution in [2.24, 2.45) is 0 Å². The fraction of sp³-hybridized carbons (Fsp3) is 0.417. The van der Waals surface area contributed by atoms with Crippen molar-refractivity contribution in [3.63, 3.8) is 0 Å². The number of hydrogen-bond acceptors (Lipinski definition) is 2. The van der Waals surface area contributed by atoms with Gasteiger partial charge in [-0.1, -0.05) is 12.1 Å². The van der Waals surface area contributed by atoms with E-state index in [4.69, 9.17) is 12.7 Å². The predicted octanol–water partition coefficient (Wildman–Crippen LogP) is 1.94. The first-order chi connectivity index (χ1) is 7.29. The first-order valence-corrected chi connectivity index (χ1v) is 5.32. The van der Waals surface area contributed by atoms with E-state index in [2.05, 4.69) is 13.2 Å². The summed E-state index contributed by atoms with van der Waals surface area (Å²) in [5.41, 5.74) is 1.26. The summed E-state index contributed by atoms with van der Waals surface area (Å²) in [7, 11) is 9.30. The Kier molecular flexibility index (Phi) is 6.02. The molecule has 4 heteroatoms. The maximum Gasteiger partial charge on any atom is 0.182 e. The molecule has 2 rings (SSSR count). The second-order valence-electron chi connectivity index (χ2n) is 4.03. The second kappa shape index (κ2) is 6.78. The molecule has 0 saturated carbocycles. The van der Waals surface area contributed by atoms with Gasteiger partial charge in [-0.05, 0) is 43.5 Å². The molecule has 1 unspecified atom stereocenters. The van der Waals surface area contributed by atoms with E-state index < -0.39 is 0 Å². The summed E-state index contributed by atoms with van der Waals surface area (Å²) < 4.78 is 4.95. The molecule has 0 N–H and O–H groups in total. The molecule has 2 nitrogen and oxygen atoms in total. The van der Waals surface area contributed by atoms with Gasteiger partial charge in [0.25, 0.3) is 0 Å². The average Bonchev–Trinajstić information content (AvgIpc) is 2.65. The van der Waals surface area contributed by atoms with Crippen LogP contribution in [0, 0.1) is 7.11 Å². The Bertz CT molecular complexity index is 335. The third kappa shape index (κ3) is 3.58. The van der Waals surface area contributed by atoms with Crippen LogP contribution in [0.3, 0.4) is 0 Å².